The van der Waals surface area contributed by atoms with Gasteiger partial charge in [0.05, 0.1) is 6.04 Å². The number of pyridine rings is 1. The summed E-state index contributed by atoms with van der Waals surface area (Å²) >= 11 is 0. The van der Waals surface area contributed by atoms with E-state index in [1.165, 1.54) is 6.20 Å². The largest absolute Gasteiger partial charge is 0.369 e. The number of carbonyl (C=O) groups excluding carboxylic acids is 2. The fraction of sp³-hybridized carbons (Fsp3) is 0.286. The maximum atomic E-state index is 13.1. The molecule has 2 aliphatic rings. The Morgan fingerprint density at radius 3 is 2.52 bits per heavy atom. The van der Waals surface area contributed by atoms with Gasteiger partial charge in [0, 0.05) is 51.0 Å². The summed E-state index contributed by atoms with van der Waals surface area (Å²) in [5.74, 6) is 1.07. The first-order valence-electron chi connectivity index (χ1n) is 13.2. The lowest BCUT2D eigenvalue weighted by Crippen LogP contribution is -2.40. The Balaban J connectivity index is 1.27. The zero-order valence-electron chi connectivity index (χ0n) is 22.0. The second-order valence-electron chi connectivity index (χ2n) is 9.53. The normalized spacial score (nSPS) is 16.1. The lowest BCUT2D eigenvalue weighted by atomic mass is 10.1. The first-order valence-corrected chi connectivity index (χ1v) is 13.2. The van der Waals surface area contributed by atoms with Gasteiger partial charge in [0.2, 0.25) is 11.9 Å². The number of aromatic nitrogens is 5. The van der Waals surface area contributed by atoms with Gasteiger partial charge in [-0.2, -0.15) is 10.1 Å². The van der Waals surface area contributed by atoms with Crippen molar-refractivity contribution in [2.24, 2.45) is 5.73 Å². The van der Waals surface area contributed by atoms with Crippen LogP contribution in [-0.4, -0.2) is 49.1 Å². The van der Waals surface area contributed by atoms with E-state index in [2.05, 4.69) is 41.3 Å². The molecule has 0 saturated heterocycles. The molecule has 1 aromatic carbocycles. The summed E-state index contributed by atoms with van der Waals surface area (Å²) in [4.78, 5) is 38.9. The Labute approximate surface area is 231 Å². The molecule has 2 aliphatic heterocycles. The number of rotatable bonds is 4. The Kier molecular flexibility index (Phi) is 8.57. The predicted molar refractivity (Wildman–Crippen MR) is 150 cm³/mol. The van der Waals surface area contributed by atoms with E-state index in [9.17, 15) is 9.59 Å². The molecule has 2 amide bonds. The number of fused-ring (bicyclic) bond motifs is 11. The number of benzene rings is 1. The highest BCUT2D eigenvalue weighted by Crippen LogP contribution is 2.16. The number of hydrogen-bond donors (Lipinski definition) is 5. The van der Waals surface area contributed by atoms with Crippen LogP contribution in [0.15, 0.2) is 67.3 Å². The molecule has 0 unspecified atom stereocenters. The van der Waals surface area contributed by atoms with Crippen LogP contribution in [0.1, 0.15) is 46.3 Å². The minimum atomic E-state index is -0.572. The average molecular weight is 541 g/mol. The summed E-state index contributed by atoms with van der Waals surface area (Å²) in [7, 11) is 0. The quantitative estimate of drug-likeness (QED) is 0.261. The second-order valence-corrected chi connectivity index (χ2v) is 9.53. The number of nitrogens with one attached hydrogen (secondary N) is 4. The van der Waals surface area contributed by atoms with Gasteiger partial charge >= 0.3 is 0 Å². The van der Waals surface area contributed by atoms with E-state index >= 15 is 0 Å². The van der Waals surface area contributed by atoms with Crippen molar-refractivity contribution in [2.45, 2.75) is 44.9 Å². The van der Waals surface area contributed by atoms with Crippen LogP contribution in [0, 0.1) is 0 Å². The number of carbonyl (C=O) groups is 2. The van der Waals surface area contributed by atoms with E-state index in [0.717, 1.165) is 29.5 Å². The molecule has 12 heteroatoms. The van der Waals surface area contributed by atoms with Crippen molar-refractivity contribution >= 4 is 23.6 Å². The number of nitrogens with zero attached hydrogens (tertiary/aromatic N) is 5. The van der Waals surface area contributed by atoms with Crippen molar-refractivity contribution in [3.8, 4) is 5.82 Å². The van der Waals surface area contributed by atoms with Gasteiger partial charge in [-0.25, -0.2) is 14.6 Å². The lowest BCUT2D eigenvalue weighted by molar-refractivity contribution is -0.122. The van der Waals surface area contributed by atoms with E-state index in [4.69, 9.17) is 5.73 Å². The van der Waals surface area contributed by atoms with Crippen LogP contribution in [0.2, 0.25) is 0 Å². The average Bonchev–Trinajstić information content (AvgIpc) is 3.53. The first-order chi connectivity index (χ1) is 19.5. The number of hydrogen-bond acceptors (Lipinski definition) is 9. The SMILES string of the molecule is N[C@H]1CCCCNc2nc(ncc2C(=O)NCc2ccc(-n3cccn3)nc2)NCc2ccc(cc2)CNC1=O. The summed E-state index contributed by atoms with van der Waals surface area (Å²) in [5.41, 5.74) is 9.28. The third-order valence-electron chi connectivity index (χ3n) is 6.55. The molecule has 0 saturated carbocycles. The fourth-order valence-corrected chi connectivity index (χ4v) is 4.21. The van der Waals surface area contributed by atoms with Gasteiger partial charge in [-0.1, -0.05) is 30.3 Å². The van der Waals surface area contributed by atoms with Crippen LogP contribution >= 0.6 is 0 Å². The highest BCUT2D eigenvalue weighted by Gasteiger charge is 2.16. The van der Waals surface area contributed by atoms with E-state index in [-0.39, 0.29) is 11.8 Å². The maximum Gasteiger partial charge on any atom is 0.256 e. The summed E-state index contributed by atoms with van der Waals surface area (Å²) in [6.45, 7) is 1.79. The van der Waals surface area contributed by atoms with E-state index in [0.29, 0.717) is 55.7 Å². The van der Waals surface area contributed by atoms with E-state index in [1.54, 1.807) is 17.1 Å². The number of nitrogens with two attached hydrogens (primary N) is 1. The summed E-state index contributed by atoms with van der Waals surface area (Å²) in [6, 6.07) is 12.9. The standard InChI is InChI=1S/C28H32N10O2/c29-23-4-1-2-11-30-25-22(26(39)32-17-21-9-10-24(31-16-21)38-13-3-12-36-38)18-35-28(37-25)34-15-20-7-5-19(6-8-20)14-33-27(23)40/h3,5-10,12-13,16,18,23H,1-2,4,11,14-15,17,29H2,(H,32,39)(H,33,40)(H2,30,34,35,37)/t23-/m0/s1. The molecule has 206 valence electrons. The van der Waals surface area contributed by atoms with Crippen LogP contribution in [0.25, 0.3) is 5.82 Å². The smallest absolute Gasteiger partial charge is 0.256 e. The van der Waals surface area contributed by atoms with Crippen LogP contribution in [-0.2, 0) is 24.4 Å². The molecule has 6 N–H and O–H groups in total. The predicted octanol–water partition coefficient (Wildman–Crippen LogP) is 2.14. The highest BCUT2D eigenvalue weighted by molar-refractivity contribution is 5.98. The molecule has 0 fully saturated rings. The number of amides is 2. The third-order valence-corrected chi connectivity index (χ3v) is 6.55. The molecule has 0 spiro atoms. The third kappa shape index (κ3) is 6.97. The topological polar surface area (TPSA) is 165 Å². The second kappa shape index (κ2) is 12.8. The van der Waals surface area contributed by atoms with Gasteiger partial charge in [-0.3, -0.25) is 9.59 Å². The first kappa shape index (κ1) is 26.8. The van der Waals surface area contributed by atoms with Crippen LogP contribution in [0.5, 0.6) is 0 Å². The Bertz CT molecular complexity index is 1420. The Hall–Kier alpha value is -4.84. The van der Waals surface area contributed by atoms with Gasteiger partial charge in [-0.15, -0.1) is 0 Å². The summed E-state index contributed by atoms with van der Waals surface area (Å²) < 4.78 is 1.67. The van der Waals surface area contributed by atoms with Crippen molar-refractivity contribution in [3.63, 3.8) is 0 Å². The lowest BCUT2D eigenvalue weighted by Gasteiger charge is -2.15. The van der Waals surface area contributed by atoms with Gasteiger partial charge in [0.15, 0.2) is 5.82 Å². The molecular formula is C28H32N10O2. The fourth-order valence-electron chi connectivity index (χ4n) is 4.21. The molecule has 4 aromatic rings. The van der Waals surface area contributed by atoms with Crippen molar-refractivity contribution < 1.29 is 9.59 Å². The van der Waals surface area contributed by atoms with Crippen molar-refractivity contribution in [2.75, 3.05) is 17.2 Å². The minimum Gasteiger partial charge on any atom is -0.369 e. The molecule has 6 rings (SSSR count). The molecule has 40 heavy (non-hydrogen) atoms. The molecule has 0 radical (unpaired) electrons. The maximum absolute atomic E-state index is 13.1. The van der Waals surface area contributed by atoms with Crippen molar-refractivity contribution in [1.29, 1.82) is 0 Å². The van der Waals surface area contributed by atoms with Gasteiger partial charge in [0.1, 0.15) is 11.4 Å². The molecular weight excluding hydrogens is 508 g/mol. The zero-order valence-corrected chi connectivity index (χ0v) is 22.0. The molecule has 1 atom stereocenters. The van der Waals surface area contributed by atoms with Crippen LogP contribution in [0.4, 0.5) is 11.8 Å². The summed E-state index contributed by atoms with van der Waals surface area (Å²) in [5, 5.41) is 16.5. The monoisotopic (exact) mass is 540 g/mol. The minimum absolute atomic E-state index is 0.162. The molecule has 12 nitrogen and oxygen atoms in total. The molecule has 3 aromatic heterocycles. The van der Waals surface area contributed by atoms with Gasteiger partial charge < -0.3 is 27.0 Å². The Morgan fingerprint density at radius 2 is 1.80 bits per heavy atom. The van der Waals surface area contributed by atoms with Crippen LogP contribution < -0.4 is 27.0 Å². The van der Waals surface area contributed by atoms with Crippen LogP contribution in [0.3, 0.4) is 0 Å². The van der Waals surface area contributed by atoms with E-state index in [1.807, 2.05) is 48.7 Å². The van der Waals surface area contributed by atoms with Gasteiger partial charge in [0.25, 0.3) is 5.91 Å². The summed E-state index contributed by atoms with van der Waals surface area (Å²) in [6.07, 6.45) is 8.79. The molecule has 5 heterocycles. The highest BCUT2D eigenvalue weighted by atomic mass is 16.2. The number of anilines is 2. The molecule has 0 aliphatic carbocycles. The zero-order chi connectivity index (χ0) is 27.7. The van der Waals surface area contributed by atoms with Gasteiger partial charge in [-0.05, 0) is 48.1 Å². The van der Waals surface area contributed by atoms with Crippen molar-refractivity contribution in [3.05, 3.63) is 89.5 Å². The Morgan fingerprint density at radius 1 is 1.00 bits per heavy atom. The molecule has 4 bridgehead atoms. The van der Waals surface area contributed by atoms with Crippen molar-refractivity contribution in [1.82, 2.24) is 35.4 Å². The van der Waals surface area contributed by atoms with E-state index < -0.39 is 6.04 Å².